The molecule has 0 radical (unpaired) electrons. The third-order valence-electron chi connectivity index (χ3n) is 11.7. The normalized spacial score (nSPS) is 14.9. The SMILES string of the molecule is CC1(C)c2ccccc2-c2sc3c(-c4ccccc4[N+](=O)[O-])cccc3c21.CC1(C)c2ccccc2-c2sc3c4c(ccc3c21)Cc1ccccc1-4. The molecule has 2 aromatic heterocycles. The molecule has 0 N–H and O–H groups in total. The lowest BCUT2D eigenvalue weighted by Gasteiger charge is -2.21. The maximum absolute atomic E-state index is 11.5. The Morgan fingerprint density at radius 1 is 0.519 bits per heavy atom. The van der Waals surface area contributed by atoms with Crippen molar-refractivity contribution in [3.8, 4) is 43.1 Å². The van der Waals surface area contributed by atoms with E-state index in [1.807, 2.05) is 35.6 Å². The molecule has 0 saturated carbocycles. The van der Waals surface area contributed by atoms with Crippen molar-refractivity contribution in [3.63, 3.8) is 0 Å². The Morgan fingerprint density at radius 2 is 1.04 bits per heavy atom. The highest BCUT2D eigenvalue weighted by molar-refractivity contribution is 7.23. The molecule has 0 bridgehead atoms. The van der Waals surface area contributed by atoms with Crippen LogP contribution in [0.4, 0.5) is 5.69 Å². The van der Waals surface area contributed by atoms with Gasteiger partial charge < -0.3 is 0 Å². The highest BCUT2D eigenvalue weighted by atomic mass is 32.1. The predicted octanol–water partition coefficient (Wildman–Crippen LogP) is 13.6. The van der Waals surface area contributed by atoms with Gasteiger partial charge in [0.25, 0.3) is 5.69 Å². The third-order valence-corrected chi connectivity index (χ3v) is 14.2. The second kappa shape index (κ2) is 11.1. The first kappa shape index (κ1) is 31.4. The number of nitro groups is 1. The zero-order chi connectivity index (χ0) is 35.5. The molecule has 0 atom stereocenters. The summed E-state index contributed by atoms with van der Waals surface area (Å²) in [6, 6.07) is 44.3. The lowest BCUT2D eigenvalue weighted by atomic mass is 9.81. The van der Waals surface area contributed by atoms with Crippen molar-refractivity contribution in [1.29, 1.82) is 0 Å². The maximum atomic E-state index is 11.5. The molecule has 5 heteroatoms. The highest BCUT2D eigenvalue weighted by Crippen LogP contribution is 2.59. The molecule has 0 fully saturated rings. The zero-order valence-electron chi connectivity index (χ0n) is 29.4. The van der Waals surface area contributed by atoms with Crippen molar-refractivity contribution in [3.05, 3.63) is 171 Å². The van der Waals surface area contributed by atoms with Crippen molar-refractivity contribution >= 4 is 48.5 Å². The third kappa shape index (κ3) is 4.24. The smallest absolute Gasteiger partial charge is 0.258 e. The molecule has 8 aromatic rings. The number of para-hydroxylation sites is 1. The molecule has 3 aliphatic carbocycles. The lowest BCUT2D eigenvalue weighted by Crippen LogP contribution is -2.14. The van der Waals surface area contributed by atoms with Gasteiger partial charge in [-0.25, -0.2) is 0 Å². The van der Waals surface area contributed by atoms with E-state index in [1.54, 1.807) is 23.5 Å². The van der Waals surface area contributed by atoms with Crippen LogP contribution in [0.3, 0.4) is 0 Å². The summed E-state index contributed by atoms with van der Waals surface area (Å²) in [4.78, 5) is 14.0. The summed E-state index contributed by atoms with van der Waals surface area (Å²) in [6.07, 6.45) is 1.07. The second-order valence-electron chi connectivity index (χ2n) is 15.2. The van der Waals surface area contributed by atoms with Gasteiger partial charge >= 0.3 is 0 Å². The number of rotatable bonds is 2. The van der Waals surface area contributed by atoms with E-state index >= 15 is 0 Å². The summed E-state index contributed by atoms with van der Waals surface area (Å²) in [7, 11) is 0. The van der Waals surface area contributed by atoms with E-state index in [0.717, 1.165) is 16.7 Å². The number of nitrogens with zero attached hydrogens (tertiary/aromatic N) is 1. The molecule has 3 aliphatic rings. The van der Waals surface area contributed by atoms with E-state index in [2.05, 4.69) is 119 Å². The van der Waals surface area contributed by atoms with Gasteiger partial charge in [-0.05, 0) is 73.3 Å². The van der Waals surface area contributed by atoms with Crippen molar-refractivity contribution in [2.45, 2.75) is 44.9 Å². The Bertz CT molecular complexity index is 2820. The summed E-state index contributed by atoms with van der Waals surface area (Å²) in [5, 5.41) is 14.2. The van der Waals surface area contributed by atoms with Crippen LogP contribution in [0.1, 0.15) is 61.1 Å². The van der Waals surface area contributed by atoms with E-state index in [4.69, 9.17) is 0 Å². The summed E-state index contributed by atoms with van der Waals surface area (Å²) in [5.41, 5.74) is 16.1. The molecule has 252 valence electrons. The van der Waals surface area contributed by atoms with Crippen LogP contribution in [0.25, 0.3) is 63.3 Å². The average Bonchev–Trinajstić information content (AvgIpc) is 3.93. The molecule has 52 heavy (non-hydrogen) atoms. The van der Waals surface area contributed by atoms with Crippen LogP contribution in [-0.4, -0.2) is 4.92 Å². The Hall–Kier alpha value is -5.36. The van der Waals surface area contributed by atoms with Crippen LogP contribution in [0.2, 0.25) is 0 Å². The first-order valence-corrected chi connectivity index (χ1v) is 19.5. The molecule has 2 heterocycles. The first-order chi connectivity index (χ1) is 25.2. The molecule has 0 aliphatic heterocycles. The number of hydrogen-bond donors (Lipinski definition) is 0. The van der Waals surface area contributed by atoms with Crippen molar-refractivity contribution in [1.82, 2.24) is 0 Å². The van der Waals surface area contributed by atoms with Gasteiger partial charge in [0.05, 0.1) is 10.5 Å². The number of fused-ring (bicyclic) bond motifs is 14. The van der Waals surface area contributed by atoms with Crippen LogP contribution in [0.5, 0.6) is 0 Å². The summed E-state index contributed by atoms with van der Waals surface area (Å²) in [5.74, 6) is 0. The fourth-order valence-corrected chi connectivity index (χ4v) is 12.4. The maximum Gasteiger partial charge on any atom is 0.277 e. The Labute approximate surface area is 311 Å². The van der Waals surface area contributed by atoms with E-state index in [0.29, 0.717) is 5.56 Å². The Balaban J connectivity index is 0.000000130. The molecule has 11 rings (SSSR count). The first-order valence-electron chi connectivity index (χ1n) is 17.8. The second-order valence-corrected chi connectivity index (χ2v) is 17.3. The van der Waals surface area contributed by atoms with Crippen molar-refractivity contribution < 1.29 is 4.92 Å². The molecule has 0 spiro atoms. The van der Waals surface area contributed by atoms with Crippen LogP contribution in [0.15, 0.2) is 127 Å². The molecular weight excluding hydrogens is 675 g/mol. The number of nitro benzene ring substituents is 1. The van der Waals surface area contributed by atoms with Gasteiger partial charge in [0.2, 0.25) is 0 Å². The molecule has 3 nitrogen and oxygen atoms in total. The van der Waals surface area contributed by atoms with Crippen molar-refractivity contribution in [2.24, 2.45) is 0 Å². The standard InChI is InChI=1S/C24H18S.C23H17NO2S/c1-24(2)19-10-6-5-9-17(19)23-21(24)18-12-11-15-13-14-7-3-4-8-16(14)20(15)22(18)25-23;1-23(2)18-12-5-3-9-16(18)22-20(23)17-11-7-10-15(21(17)27-22)14-8-4-6-13-19(14)24(25)26/h3-12H,13H2,1-2H3;3-13H,1-2H3. The van der Waals surface area contributed by atoms with E-state index < -0.39 is 0 Å². The van der Waals surface area contributed by atoms with Crippen LogP contribution in [-0.2, 0) is 17.3 Å². The van der Waals surface area contributed by atoms with Gasteiger partial charge in [0, 0.05) is 47.2 Å². The minimum atomic E-state index is -0.297. The lowest BCUT2D eigenvalue weighted by molar-refractivity contribution is -0.384. The molecule has 0 unspecified atom stereocenters. The molecule has 0 amide bonds. The Morgan fingerprint density at radius 3 is 1.69 bits per heavy atom. The quantitative estimate of drug-likeness (QED) is 0.132. The number of hydrogen-bond acceptors (Lipinski definition) is 4. The molecular formula is C47H35NO2S2. The van der Waals surface area contributed by atoms with Crippen LogP contribution >= 0.6 is 22.7 Å². The fourth-order valence-electron chi connectivity index (χ4n) is 9.30. The van der Waals surface area contributed by atoms with E-state index in [1.165, 1.54) is 80.9 Å². The predicted molar refractivity (Wildman–Crippen MR) is 219 cm³/mol. The molecule has 6 aromatic carbocycles. The summed E-state index contributed by atoms with van der Waals surface area (Å²) < 4.78 is 2.61. The van der Waals surface area contributed by atoms with Crippen LogP contribution in [0, 0.1) is 10.1 Å². The van der Waals surface area contributed by atoms with Gasteiger partial charge in [0.1, 0.15) is 0 Å². The zero-order valence-corrected chi connectivity index (χ0v) is 31.0. The van der Waals surface area contributed by atoms with Gasteiger partial charge in [-0.1, -0.05) is 143 Å². The average molecular weight is 710 g/mol. The van der Waals surface area contributed by atoms with Gasteiger partial charge in [-0.15, -0.1) is 22.7 Å². The largest absolute Gasteiger partial charge is 0.277 e. The van der Waals surface area contributed by atoms with Crippen LogP contribution < -0.4 is 0 Å². The Kier molecular flexibility index (Phi) is 6.68. The van der Waals surface area contributed by atoms with Gasteiger partial charge in [-0.2, -0.15) is 0 Å². The number of thiophene rings is 2. The summed E-state index contributed by atoms with van der Waals surface area (Å²) in [6.45, 7) is 9.29. The van der Waals surface area contributed by atoms with Gasteiger partial charge in [-0.3, -0.25) is 10.1 Å². The fraction of sp³-hybridized carbons (Fsp3) is 0.149. The highest BCUT2D eigenvalue weighted by Gasteiger charge is 2.40. The number of benzene rings is 6. The minimum Gasteiger partial charge on any atom is -0.258 e. The van der Waals surface area contributed by atoms with Crippen molar-refractivity contribution in [2.75, 3.05) is 0 Å². The minimum absolute atomic E-state index is 0.0780. The van der Waals surface area contributed by atoms with E-state index in [-0.39, 0.29) is 21.4 Å². The molecule has 0 saturated heterocycles. The monoisotopic (exact) mass is 709 g/mol. The topological polar surface area (TPSA) is 43.1 Å². The summed E-state index contributed by atoms with van der Waals surface area (Å²) >= 11 is 3.75. The van der Waals surface area contributed by atoms with E-state index in [9.17, 15) is 10.1 Å². The van der Waals surface area contributed by atoms with Gasteiger partial charge in [0.15, 0.2) is 0 Å².